The number of esters is 1. The standard InChI is InChI=1S/C52H81NO14/c1-31-15-11-10-12-16-32(2)41(55)29-39-20-18-37(7)52(62,67-39)49(59)50(60)53-22-14-13-17-40(53)51(61)66-44(34(4)27-38-19-21-43(65-24-23-54)45(28-38)63-8)30-42(56)33(3)26-36(6)47(58)48(64-9)46(57)35(5)25-31/h10-12,15-16,26,31,34-41,43-45,47-48,54-55,58,62H,13-14,17-25,27-30H2,1-9H3/b12-10?,15-11?,32-16?,33-26+. The first-order valence-corrected chi connectivity index (χ1v) is 24.6. The molecule has 0 aromatic rings. The van der Waals surface area contributed by atoms with Crippen molar-refractivity contribution >= 4 is 29.2 Å². The van der Waals surface area contributed by atoms with E-state index >= 15 is 0 Å². The summed E-state index contributed by atoms with van der Waals surface area (Å²) in [4.78, 5) is 71.8. The predicted molar refractivity (Wildman–Crippen MR) is 251 cm³/mol. The maximum Gasteiger partial charge on any atom is 0.329 e. The van der Waals surface area contributed by atoms with E-state index < -0.39 is 77.8 Å². The van der Waals surface area contributed by atoms with Gasteiger partial charge in [-0.25, -0.2) is 4.79 Å². The normalized spacial score (nSPS) is 37.8. The third kappa shape index (κ3) is 15.3. The van der Waals surface area contributed by atoms with E-state index in [0.717, 1.165) is 11.3 Å². The second-order valence-electron chi connectivity index (χ2n) is 20.0. The van der Waals surface area contributed by atoms with Crippen LogP contribution in [0.3, 0.4) is 0 Å². The molecule has 0 radical (unpaired) electrons. The largest absolute Gasteiger partial charge is 0.460 e. The van der Waals surface area contributed by atoms with Gasteiger partial charge in [0.2, 0.25) is 5.79 Å². The van der Waals surface area contributed by atoms with Crippen LogP contribution in [0.2, 0.25) is 0 Å². The summed E-state index contributed by atoms with van der Waals surface area (Å²) < 4.78 is 29.5. The Kier molecular flexibility index (Phi) is 22.3. The molecule has 1 amide bonds. The molecule has 0 aromatic carbocycles. The van der Waals surface area contributed by atoms with Gasteiger partial charge in [0.05, 0.1) is 43.7 Å². The minimum absolute atomic E-state index is 0.00571. The maximum atomic E-state index is 14.4. The summed E-state index contributed by atoms with van der Waals surface area (Å²) in [5.74, 6) is -8.22. The van der Waals surface area contributed by atoms with Gasteiger partial charge in [-0.05, 0) is 107 Å². The summed E-state index contributed by atoms with van der Waals surface area (Å²) in [7, 11) is 3.00. The Morgan fingerprint density at radius 1 is 0.881 bits per heavy atom. The van der Waals surface area contributed by atoms with Crippen molar-refractivity contribution in [3.63, 3.8) is 0 Å². The van der Waals surface area contributed by atoms with Gasteiger partial charge >= 0.3 is 5.97 Å². The third-order valence-electron chi connectivity index (χ3n) is 14.6. The van der Waals surface area contributed by atoms with E-state index in [1.165, 1.54) is 7.11 Å². The Labute approximate surface area is 398 Å². The molecule has 15 atom stereocenters. The van der Waals surface area contributed by atoms with Crippen LogP contribution in [0.25, 0.3) is 0 Å². The van der Waals surface area contributed by atoms with Crippen molar-refractivity contribution < 1.29 is 68.1 Å². The van der Waals surface area contributed by atoms with Crippen molar-refractivity contribution in [1.29, 1.82) is 0 Å². The van der Waals surface area contributed by atoms with E-state index in [2.05, 4.69) is 0 Å². The molecule has 67 heavy (non-hydrogen) atoms. The van der Waals surface area contributed by atoms with Crippen LogP contribution in [0.4, 0.5) is 0 Å². The number of fused-ring (bicyclic) bond motifs is 3. The number of ketones is 3. The number of hydrogen-bond donors (Lipinski definition) is 4. The fourth-order valence-corrected chi connectivity index (χ4v) is 10.2. The van der Waals surface area contributed by atoms with Gasteiger partial charge < -0.3 is 49.0 Å². The van der Waals surface area contributed by atoms with Gasteiger partial charge in [-0.15, -0.1) is 0 Å². The number of aliphatic hydroxyl groups excluding tert-OH is 3. The molecule has 4 aliphatic rings. The molecule has 1 aliphatic carbocycles. The van der Waals surface area contributed by atoms with Gasteiger partial charge in [0.25, 0.3) is 11.7 Å². The van der Waals surface area contributed by atoms with Crippen molar-refractivity contribution in [3.05, 3.63) is 47.6 Å². The molecule has 378 valence electrons. The highest BCUT2D eigenvalue weighted by Crippen LogP contribution is 2.38. The van der Waals surface area contributed by atoms with Crippen molar-refractivity contribution in [3.8, 4) is 0 Å². The van der Waals surface area contributed by atoms with Gasteiger partial charge in [-0.1, -0.05) is 71.1 Å². The molecule has 15 unspecified atom stereocenters. The summed E-state index contributed by atoms with van der Waals surface area (Å²) in [5, 5.41) is 43.8. The van der Waals surface area contributed by atoms with E-state index in [-0.39, 0.29) is 80.5 Å². The fraction of sp³-hybridized carbons (Fsp3) is 0.750. The zero-order valence-electron chi connectivity index (χ0n) is 41.5. The number of methoxy groups -OCH3 is 2. The van der Waals surface area contributed by atoms with E-state index in [4.69, 9.17) is 23.7 Å². The average Bonchev–Trinajstić information content (AvgIpc) is 3.30. The van der Waals surface area contributed by atoms with Crippen molar-refractivity contribution in [2.24, 2.45) is 35.5 Å². The topological polar surface area (TPSA) is 216 Å². The minimum Gasteiger partial charge on any atom is -0.460 e. The molecule has 15 nitrogen and oxygen atoms in total. The Bertz CT molecular complexity index is 1790. The lowest BCUT2D eigenvalue weighted by Crippen LogP contribution is -2.61. The molecule has 0 aromatic heterocycles. The van der Waals surface area contributed by atoms with Crippen molar-refractivity contribution in [1.82, 2.24) is 4.90 Å². The van der Waals surface area contributed by atoms with Crippen LogP contribution >= 0.6 is 0 Å². The zero-order valence-corrected chi connectivity index (χ0v) is 41.5. The second kappa shape index (κ2) is 26.5. The number of amides is 1. The van der Waals surface area contributed by atoms with Crippen LogP contribution < -0.4 is 0 Å². The Balaban J connectivity index is 1.69. The monoisotopic (exact) mass is 944 g/mol. The number of rotatable bonds is 8. The number of carbonyl (C=O) groups excluding carboxylic acids is 5. The molecule has 2 saturated heterocycles. The molecular weight excluding hydrogens is 863 g/mol. The summed E-state index contributed by atoms with van der Waals surface area (Å²) >= 11 is 0. The first-order valence-electron chi connectivity index (χ1n) is 24.6. The number of cyclic esters (lactones) is 1. The number of Topliss-reactive ketones (excluding diaryl/α,β-unsaturated/α-hetero) is 3. The number of carbonyl (C=O) groups is 5. The Hall–Kier alpha value is -3.41. The lowest BCUT2D eigenvalue weighted by molar-refractivity contribution is -0.265. The van der Waals surface area contributed by atoms with E-state index in [0.29, 0.717) is 62.5 Å². The first-order chi connectivity index (χ1) is 31.7. The van der Waals surface area contributed by atoms with Crippen molar-refractivity contribution in [2.75, 3.05) is 34.0 Å². The molecule has 0 spiro atoms. The molecule has 1 saturated carbocycles. The summed E-state index contributed by atoms with van der Waals surface area (Å²) in [5.41, 5.74) is 0.926. The average molecular weight is 944 g/mol. The molecule has 2 bridgehead atoms. The first kappa shape index (κ1) is 56.2. The smallest absolute Gasteiger partial charge is 0.329 e. The quantitative estimate of drug-likeness (QED) is 0.174. The molecule has 15 heteroatoms. The zero-order chi connectivity index (χ0) is 49.6. The van der Waals surface area contributed by atoms with Gasteiger partial charge in [0, 0.05) is 51.4 Å². The van der Waals surface area contributed by atoms with Gasteiger partial charge in [0.15, 0.2) is 11.6 Å². The van der Waals surface area contributed by atoms with E-state index in [1.54, 1.807) is 60.0 Å². The number of nitrogens with zero attached hydrogens (tertiary/aromatic N) is 1. The van der Waals surface area contributed by atoms with Crippen molar-refractivity contribution in [2.45, 2.75) is 180 Å². The molecular formula is C52H81NO14. The third-order valence-corrected chi connectivity index (χ3v) is 14.6. The summed E-state index contributed by atoms with van der Waals surface area (Å²) in [6.07, 6.45) is 10.4. The molecule has 3 heterocycles. The Morgan fingerprint density at radius 2 is 1.61 bits per heavy atom. The van der Waals surface area contributed by atoms with Crippen LogP contribution in [0, 0.1) is 35.5 Å². The lowest BCUT2D eigenvalue weighted by atomic mass is 9.78. The van der Waals surface area contributed by atoms with Crippen LogP contribution in [-0.4, -0.2) is 143 Å². The van der Waals surface area contributed by atoms with Gasteiger partial charge in [-0.2, -0.15) is 0 Å². The highest BCUT2D eigenvalue weighted by atomic mass is 16.6. The van der Waals surface area contributed by atoms with E-state index in [9.17, 15) is 44.4 Å². The number of piperidine rings is 1. The van der Waals surface area contributed by atoms with Gasteiger partial charge in [0.1, 0.15) is 18.2 Å². The molecule has 4 rings (SSSR count). The van der Waals surface area contributed by atoms with Crippen LogP contribution in [-0.2, 0) is 47.7 Å². The molecule has 3 aliphatic heterocycles. The van der Waals surface area contributed by atoms with Gasteiger partial charge in [-0.3, -0.25) is 19.2 Å². The molecule has 3 fully saturated rings. The fourth-order valence-electron chi connectivity index (χ4n) is 10.2. The number of ether oxygens (including phenoxy) is 5. The van der Waals surface area contributed by atoms with Crippen LogP contribution in [0.1, 0.15) is 126 Å². The summed E-state index contributed by atoms with van der Waals surface area (Å²) in [6.45, 7) is 12.6. The summed E-state index contributed by atoms with van der Waals surface area (Å²) in [6, 6.07) is -1.17. The predicted octanol–water partition coefficient (Wildman–Crippen LogP) is 5.54. The molecule has 4 N–H and O–H groups in total. The van der Waals surface area contributed by atoms with Crippen LogP contribution in [0.5, 0.6) is 0 Å². The number of allylic oxidation sites excluding steroid dienone is 6. The maximum absolute atomic E-state index is 14.4. The van der Waals surface area contributed by atoms with Crippen LogP contribution in [0.15, 0.2) is 47.6 Å². The minimum atomic E-state index is -2.49. The Morgan fingerprint density at radius 3 is 2.30 bits per heavy atom. The lowest BCUT2D eigenvalue weighted by Gasteiger charge is -2.42. The highest BCUT2D eigenvalue weighted by Gasteiger charge is 2.53. The highest BCUT2D eigenvalue weighted by molar-refractivity contribution is 6.39. The second-order valence-corrected chi connectivity index (χ2v) is 20.0. The van der Waals surface area contributed by atoms with E-state index in [1.807, 2.05) is 32.1 Å². The number of hydrogen-bond acceptors (Lipinski definition) is 14. The number of aliphatic hydroxyl groups is 4. The SMILES string of the molecule is COC1CC(CC(C)C2CC(=O)/C(C)=C/C(C)C(O)C(OC)C(=O)C(C)CC(C)C=CC=CC=C(C)C(O)CC3CCC(C)C(O)(O3)C(=O)C(=O)N3CCCCC3C(=O)O2)CCC1OCCO.